The Hall–Kier alpha value is -2.91. The highest BCUT2D eigenvalue weighted by molar-refractivity contribution is 6.33. The lowest BCUT2D eigenvalue weighted by molar-refractivity contribution is 0.0690. The van der Waals surface area contributed by atoms with Gasteiger partial charge in [0, 0.05) is 22.7 Å². The quantitative estimate of drug-likeness (QED) is 0.681. The van der Waals surface area contributed by atoms with Crippen LogP contribution in [0.3, 0.4) is 0 Å². The van der Waals surface area contributed by atoms with Gasteiger partial charge in [0.2, 0.25) is 5.69 Å². The number of hydrogen-bond acceptors (Lipinski definition) is 4. The molecule has 1 fully saturated rings. The van der Waals surface area contributed by atoms with Crippen LogP contribution in [0.2, 0.25) is 5.02 Å². The third kappa shape index (κ3) is 3.05. The zero-order valence-corrected chi connectivity index (χ0v) is 17.1. The molecule has 0 spiro atoms. The Bertz CT molecular complexity index is 1100. The van der Waals surface area contributed by atoms with Crippen LogP contribution in [0.25, 0.3) is 4.85 Å². The molecule has 152 valence electrons. The molecule has 0 radical (unpaired) electrons. The summed E-state index contributed by atoms with van der Waals surface area (Å²) >= 11 is 6.34. The van der Waals surface area contributed by atoms with E-state index >= 15 is 0 Å². The smallest absolute Gasteiger partial charge is 0.354 e. The van der Waals surface area contributed by atoms with Crippen molar-refractivity contribution in [2.45, 2.75) is 44.6 Å². The largest absolute Gasteiger partial charge is 0.477 e. The summed E-state index contributed by atoms with van der Waals surface area (Å²) in [6.45, 7) is 7.25. The van der Waals surface area contributed by atoms with Crippen LogP contribution in [0.15, 0.2) is 35.6 Å². The summed E-state index contributed by atoms with van der Waals surface area (Å²) in [6, 6.07) is 7.46. The summed E-state index contributed by atoms with van der Waals surface area (Å²) in [5.41, 5.74) is 4.40. The van der Waals surface area contributed by atoms with Gasteiger partial charge >= 0.3 is 5.97 Å². The van der Waals surface area contributed by atoms with Crippen LogP contribution < -0.4 is 5.01 Å². The van der Waals surface area contributed by atoms with Crippen LogP contribution in [0, 0.1) is 18.4 Å². The molecule has 1 N–H and O–H groups in total. The molecule has 7 heteroatoms. The Balaban J connectivity index is 1.59. The van der Waals surface area contributed by atoms with Crippen molar-refractivity contribution in [3.63, 3.8) is 0 Å². The maximum atomic E-state index is 11.3. The van der Waals surface area contributed by atoms with Gasteiger partial charge < -0.3 is 5.11 Å². The second-order valence-electron chi connectivity index (χ2n) is 8.29. The predicted molar refractivity (Wildman–Crippen MR) is 115 cm³/mol. The van der Waals surface area contributed by atoms with Gasteiger partial charge in [0.25, 0.3) is 0 Å². The van der Waals surface area contributed by atoms with Crippen molar-refractivity contribution >= 4 is 34.7 Å². The average molecular weight is 421 g/mol. The topological polar surface area (TPSA) is 70.2 Å². The lowest BCUT2D eigenvalue weighted by Crippen LogP contribution is -2.40. The van der Waals surface area contributed by atoms with E-state index in [0.29, 0.717) is 16.6 Å². The monoisotopic (exact) mass is 420 g/mol. The molecule has 1 aromatic carbocycles. The molecule has 2 aromatic rings. The normalized spacial score (nSPS) is 22.9. The number of aromatic carboxylic acids is 1. The van der Waals surface area contributed by atoms with E-state index in [1.807, 2.05) is 12.1 Å². The van der Waals surface area contributed by atoms with Crippen LogP contribution in [-0.4, -0.2) is 27.8 Å². The number of rotatable bonds is 3. The van der Waals surface area contributed by atoms with Crippen molar-refractivity contribution in [1.29, 1.82) is 0 Å². The van der Waals surface area contributed by atoms with E-state index in [2.05, 4.69) is 14.8 Å². The van der Waals surface area contributed by atoms with Crippen LogP contribution in [0.1, 0.15) is 53.7 Å². The number of hydrazone groups is 1. The highest BCUT2D eigenvalue weighted by Crippen LogP contribution is 2.45. The van der Waals surface area contributed by atoms with Crippen molar-refractivity contribution in [3.8, 4) is 0 Å². The van der Waals surface area contributed by atoms with E-state index in [4.69, 9.17) is 23.3 Å². The fourth-order valence-electron chi connectivity index (χ4n) is 5.30. The predicted octanol–water partition coefficient (Wildman–Crippen LogP) is 5.33. The van der Waals surface area contributed by atoms with Crippen molar-refractivity contribution in [2.75, 3.05) is 5.01 Å². The molecular weight excluding hydrogens is 400 g/mol. The van der Waals surface area contributed by atoms with Gasteiger partial charge in [-0.1, -0.05) is 30.5 Å². The number of benzene rings is 1. The third-order valence-corrected chi connectivity index (χ3v) is 6.97. The number of carboxylic acids is 1. The molecule has 30 heavy (non-hydrogen) atoms. The van der Waals surface area contributed by atoms with Crippen molar-refractivity contribution in [1.82, 2.24) is 4.98 Å². The molecule has 1 aromatic heterocycles. The number of anilines is 1. The molecule has 0 bridgehead atoms. The molecule has 2 aliphatic carbocycles. The Labute approximate surface area is 180 Å². The van der Waals surface area contributed by atoms with Gasteiger partial charge in [-0.2, -0.15) is 5.10 Å². The highest BCUT2D eigenvalue weighted by Gasteiger charge is 2.45. The van der Waals surface area contributed by atoms with E-state index < -0.39 is 5.97 Å². The first-order chi connectivity index (χ1) is 14.6. The van der Waals surface area contributed by atoms with Gasteiger partial charge in [-0.25, -0.2) is 14.6 Å². The fourth-order valence-corrected chi connectivity index (χ4v) is 5.52. The van der Waals surface area contributed by atoms with Gasteiger partial charge in [0.05, 0.1) is 24.0 Å². The number of hydrogen-bond donors (Lipinski definition) is 1. The first-order valence-electron chi connectivity index (χ1n) is 10.3. The molecule has 2 unspecified atom stereocenters. The van der Waals surface area contributed by atoms with E-state index in [0.717, 1.165) is 35.4 Å². The van der Waals surface area contributed by atoms with Crippen LogP contribution in [0.5, 0.6) is 0 Å². The van der Waals surface area contributed by atoms with Gasteiger partial charge in [0.15, 0.2) is 0 Å². The lowest BCUT2D eigenvalue weighted by Gasteiger charge is -2.34. The van der Waals surface area contributed by atoms with Crippen LogP contribution >= 0.6 is 11.6 Å². The number of carbonyl (C=O) groups is 1. The zero-order chi connectivity index (χ0) is 20.8. The fraction of sp³-hybridized carbons (Fsp3) is 0.391. The molecule has 6 nitrogen and oxygen atoms in total. The van der Waals surface area contributed by atoms with E-state index in [1.165, 1.54) is 25.7 Å². The first kappa shape index (κ1) is 19.1. The average Bonchev–Trinajstić information content (AvgIpc) is 3.40. The summed E-state index contributed by atoms with van der Waals surface area (Å²) in [5.74, 6) is -0.158. The summed E-state index contributed by atoms with van der Waals surface area (Å²) in [5, 5.41) is 16.9. The third-order valence-electron chi connectivity index (χ3n) is 6.67. The van der Waals surface area contributed by atoms with E-state index in [9.17, 15) is 9.90 Å². The number of aromatic nitrogens is 1. The maximum Gasteiger partial charge on any atom is 0.354 e. The number of carboxylic acid groups (broad SMARTS) is 1. The minimum absolute atomic E-state index is 0.0801. The van der Waals surface area contributed by atoms with Crippen LogP contribution in [0.4, 0.5) is 11.4 Å². The summed E-state index contributed by atoms with van der Waals surface area (Å²) in [6.07, 6.45) is 8.32. The van der Waals surface area contributed by atoms with Gasteiger partial charge in [-0.3, -0.25) is 5.01 Å². The Morgan fingerprint density at radius 3 is 2.73 bits per heavy atom. The van der Waals surface area contributed by atoms with Crippen molar-refractivity contribution in [2.24, 2.45) is 16.9 Å². The lowest BCUT2D eigenvalue weighted by atomic mass is 9.75. The minimum atomic E-state index is -1.01. The van der Waals surface area contributed by atoms with Crippen molar-refractivity contribution < 1.29 is 9.90 Å². The molecule has 1 aliphatic heterocycles. The Morgan fingerprint density at radius 2 is 2.03 bits per heavy atom. The second-order valence-corrected chi connectivity index (χ2v) is 8.70. The van der Waals surface area contributed by atoms with Crippen LogP contribution in [-0.2, 0) is 6.42 Å². The summed E-state index contributed by atoms with van der Waals surface area (Å²) < 4.78 is 0. The van der Waals surface area contributed by atoms with Gasteiger partial charge in [0.1, 0.15) is 5.69 Å². The molecule has 0 saturated heterocycles. The molecule has 5 rings (SSSR count). The molecule has 2 atom stereocenters. The number of nitrogens with zero attached hydrogens (tertiary/aromatic N) is 4. The Morgan fingerprint density at radius 1 is 1.23 bits per heavy atom. The summed E-state index contributed by atoms with van der Waals surface area (Å²) in [4.78, 5) is 18.9. The Kier molecular flexibility index (Phi) is 4.71. The maximum absolute atomic E-state index is 11.3. The van der Waals surface area contributed by atoms with Crippen molar-refractivity contribution in [3.05, 3.63) is 63.7 Å². The molecule has 0 amide bonds. The van der Waals surface area contributed by atoms with Gasteiger partial charge in [-0.05, 0) is 55.4 Å². The SMILES string of the molecule is [C-]#[N+]c1ccc(N2N=C3c4cnc(C(=O)O)cc4CCC3C2C2CCCC2)cc1Cl. The number of halogens is 1. The number of aryl methyl sites for hydroxylation is 1. The minimum Gasteiger partial charge on any atom is -0.477 e. The molecular formula is C23H21ClN4O2. The van der Waals surface area contributed by atoms with E-state index in [-0.39, 0.29) is 17.7 Å². The highest BCUT2D eigenvalue weighted by atomic mass is 35.5. The summed E-state index contributed by atoms with van der Waals surface area (Å²) in [7, 11) is 0. The van der Waals surface area contributed by atoms with Gasteiger partial charge in [-0.15, -0.1) is 0 Å². The second kappa shape index (κ2) is 7.41. The zero-order valence-electron chi connectivity index (χ0n) is 16.4. The standard InChI is InChI=1S/C23H21ClN4O2/c1-25-19-9-7-15(11-18(19)24)28-22(13-4-2-3-5-13)16-8-6-14-10-20(23(29)30)26-12-17(14)21(16)27-28/h7,9-13,16,22H,2-6,8H2,(H,29,30). The number of fused-ring (bicyclic) bond motifs is 3. The number of pyridine rings is 1. The first-order valence-corrected chi connectivity index (χ1v) is 10.7. The molecule has 1 saturated carbocycles. The molecule has 3 aliphatic rings. The molecule has 2 heterocycles. The van der Waals surface area contributed by atoms with E-state index in [1.54, 1.807) is 18.3 Å².